The van der Waals surface area contributed by atoms with Gasteiger partial charge in [0.1, 0.15) is 11.6 Å². The van der Waals surface area contributed by atoms with Crippen LogP contribution in [-0.4, -0.2) is 18.5 Å². The fourth-order valence-electron chi connectivity index (χ4n) is 3.83. The van der Waals surface area contributed by atoms with Crippen LogP contribution >= 0.6 is 11.3 Å². The molecule has 0 bridgehead atoms. The molecule has 0 atom stereocenters. The minimum Gasteiger partial charge on any atom is -0.463 e. The van der Waals surface area contributed by atoms with Gasteiger partial charge >= 0.3 is 11.9 Å². The Morgan fingerprint density at radius 3 is 2.32 bits per heavy atom. The molecular formula is C28H23FO4S. The van der Waals surface area contributed by atoms with Gasteiger partial charge in [0.25, 0.3) is 0 Å². The van der Waals surface area contributed by atoms with Gasteiger partial charge in [0.15, 0.2) is 0 Å². The molecule has 0 aliphatic rings. The highest BCUT2D eigenvalue weighted by atomic mass is 32.1. The Morgan fingerprint density at radius 2 is 1.62 bits per heavy atom. The lowest BCUT2D eigenvalue weighted by Crippen LogP contribution is -2.04. The van der Waals surface area contributed by atoms with Gasteiger partial charge in [0.05, 0.1) is 11.3 Å². The van der Waals surface area contributed by atoms with Crippen LogP contribution in [0.1, 0.15) is 17.5 Å². The molecule has 1 aromatic heterocycles. The van der Waals surface area contributed by atoms with Crippen molar-refractivity contribution in [3.8, 4) is 16.9 Å². The second-order valence-electron chi connectivity index (χ2n) is 7.77. The highest BCUT2D eigenvalue weighted by Gasteiger charge is 2.17. The van der Waals surface area contributed by atoms with E-state index in [0.29, 0.717) is 29.0 Å². The number of hydrogen-bond donors (Lipinski definition) is 0. The van der Waals surface area contributed by atoms with Gasteiger partial charge in [-0.05, 0) is 43.0 Å². The normalized spacial score (nSPS) is 10.9. The van der Waals surface area contributed by atoms with E-state index in [1.165, 1.54) is 11.3 Å². The summed E-state index contributed by atoms with van der Waals surface area (Å²) < 4.78 is 27.4. The summed E-state index contributed by atoms with van der Waals surface area (Å²) in [6.07, 6.45) is 3.71. The summed E-state index contributed by atoms with van der Waals surface area (Å²) in [6.45, 7) is 8.99. The Hall–Kier alpha value is -3.77. The molecule has 0 aliphatic heterocycles. The Morgan fingerprint density at radius 1 is 0.941 bits per heavy atom. The number of rotatable bonds is 8. The van der Waals surface area contributed by atoms with E-state index in [4.69, 9.17) is 9.47 Å². The monoisotopic (exact) mass is 474 g/mol. The quantitative estimate of drug-likeness (QED) is 0.120. The van der Waals surface area contributed by atoms with Crippen molar-refractivity contribution in [3.05, 3.63) is 90.8 Å². The summed E-state index contributed by atoms with van der Waals surface area (Å²) in [5, 5.41) is 1.76. The van der Waals surface area contributed by atoms with Crippen LogP contribution in [-0.2, 0) is 20.7 Å². The molecule has 1 heterocycles. The van der Waals surface area contributed by atoms with Crippen molar-refractivity contribution in [2.75, 3.05) is 6.61 Å². The van der Waals surface area contributed by atoms with E-state index in [1.807, 2.05) is 43.3 Å². The third-order valence-corrected chi connectivity index (χ3v) is 6.94. The Labute approximate surface area is 200 Å². The zero-order valence-corrected chi connectivity index (χ0v) is 19.5. The third-order valence-electron chi connectivity index (χ3n) is 5.61. The van der Waals surface area contributed by atoms with Crippen molar-refractivity contribution in [1.82, 2.24) is 0 Å². The predicted octanol–water partition coefficient (Wildman–Crippen LogP) is 6.92. The minimum atomic E-state index is -0.529. The molecule has 0 radical (unpaired) electrons. The van der Waals surface area contributed by atoms with Gasteiger partial charge in [-0.15, -0.1) is 11.3 Å². The molecule has 34 heavy (non-hydrogen) atoms. The van der Waals surface area contributed by atoms with Crippen LogP contribution in [0.4, 0.5) is 4.39 Å². The maximum atomic E-state index is 15.6. The number of ether oxygens (including phenoxy) is 2. The molecule has 0 fully saturated rings. The van der Waals surface area contributed by atoms with Crippen molar-refractivity contribution in [1.29, 1.82) is 0 Å². The average Bonchev–Trinajstić information content (AvgIpc) is 3.24. The molecule has 4 rings (SSSR count). The third kappa shape index (κ3) is 4.63. The number of carbonyl (C=O) groups excluding carboxylic acids is 2. The number of esters is 2. The Kier molecular flexibility index (Phi) is 6.89. The highest BCUT2D eigenvalue weighted by Crippen LogP contribution is 2.42. The molecule has 0 aliphatic carbocycles. The van der Waals surface area contributed by atoms with E-state index in [-0.39, 0.29) is 5.82 Å². The molecule has 4 aromatic rings. The topological polar surface area (TPSA) is 52.6 Å². The first-order chi connectivity index (χ1) is 16.4. The molecule has 0 spiro atoms. The molecule has 6 heteroatoms. The van der Waals surface area contributed by atoms with Crippen LogP contribution in [0.2, 0.25) is 0 Å². The summed E-state index contributed by atoms with van der Waals surface area (Å²) in [4.78, 5) is 22.7. The standard InChI is InChI=1S/C28H23FO4S/c1-4-24(30)32-16-6-7-18-8-10-19(11-9-18)20-12-13-22-21-14-15-23(33-25(31)5-2)17(3)27(21)34-28(22)26(20)29/h4-5,8-15H,1-2,6-7,16H2,3H3. The van der Waals surface area contributed by atoms with Crippen LogP contribution in [0.15, 0.2) is 73.8 Å². The van der Waals surface area contributed by atoms with E-state index in [2.05, 4.69) is 13.2 Å². The van der Waals surface area contributed by atoms with E-state index < -0.39 is 11.9 Å². The highest BCUT2D eigenvalue weighted by molar-refractivity contribution is 7.26. The van der Waals surface area contributed by atoms with Gasteiger partial charge < -0.3 is 9.47 Å². The molecule has 172 valence electrons. The molecule has 0 unspecified atom stereocenters. The summed E-state index contributed by atoms with van der Waals surface area (Å²) >= 11 is 1.35. The first-order valence-electron chi connectivity index (χ1n) is 10.8. The number of hydrogen-bond acceptors (Lipinski definition) is 5. The molecule has 0 N–H and O–H groups in total. The molecular weight excluding hydrogens is 451 g/mol. The maximum absolute atomic E-state index is 15.6. The van der Waals surface area contributed by atoms with Gasteiger partial charge in [-0.3, -0.25) is 0 Å². The largest absolute Gasteiger partial charge is 0.463 e. The Balaban J connectivity index is 1.60. The SMILES string of the molecule is C=CC(=O)OCCCc1ccc(-c2ccc3c(sc4c(C)c(OC(=O)C=C)ccc43)c2F)cc1. The zero-order valence-electron chi connectivity index (χ0n) is 18.7. The lowest BCUT2D eigenvalue weighted by Gasteiger charge is -2.07. The van der Waals surface area contributed by atoms with Crippen LogP contribution < -0.4 is 4.74 Å². The van der Waals surface area contributed by atoms with Crippen LogP contribution in [0.25, 0.3) is 31.3 Å². The molecule has 4 nitrogen and oxygen atoms in total. The second kappa shape index (κ2) is 10.0. The Bertz CT molecular complexity index is 1420. The fourth-order valence-corrected chi connectivity index (χ4v) is 5.06. The van der Waals surface area contributed by atoms with Crippen molar-refractivity contribution in [3.63, 3.8) is 0 Å². The fraction of sp³-hybridized carbons (Fsp3) is 0.143. The van der Waals surface area contributed by atoms with E-state index in [0.717, 1.165) is 50.7 Å². The smallest absolute Gasteiger partial charge is 0.335 e. The van der Waals surface area contributed by atoms with Gasteiger partial charge in [-0.25, -0.2) is 14.0 Å². The van der Waals surface area contributed by atoms with Crippen LogP contribution in [0.5, 0.6) is 5.75 Å². The second-order valence-corrected chi connectivity index (χ2v) is 8.79. The predicted molar refractivity (Wildman–Crippen MR) is 135 cm³/mol. The average molecular weight is 475 g/mol. The zero-order chi connectivity index (χ0) is 24.2. The van der Waals surface area contributed by atoms with Gasteiger partial charge in [0, 0.05) is 38.8 Å². The van der Waals surface area contributed by atoms with E-state index in [1.54, 1.807) is 12.1 Å². The van der Waals surface area contributed by atoms with Crippen molar-refractivity contribution >= 4 is 43.4 Å². The molecule has 3 aromatic carbocycles. The molecule has 0 saturated heterocycles. The van der Waals surface area contributed by atoms with E-state index in [9.17, 15) is 9.59 Å². The summed E-state index contributed by atoms with van der Waals surface area (Å²) in [7, 11) is 0. The first-order valence-corrected chi connectivity index (χ1v) is 11.6. The number of fused-ring (bicyclic) bond motifs is 3. The minimum absolute atomic E-state index is 0.271. The summed E-state index contributed by atoms with van der Waals surface area (Å²) in [5.41, 5.74) is 3.19. The van der Waals surface area contributed by atoms with Crippen molar-refractivity contribution < 1.29 is 23.5 Å². The summed E-state index contributed by atoms with van der Waals surface area (Å²) in [6, 6.07) is 15.0. The first kappa shape index (κ1) is 23.4. The number of benzene rings is 3. The van der Waals surface area contributed by atoms with Gasteiger partial charge in [0.2, 0.25) is 0 Å². The summed E-state index contributed by atoms with van der Waals surface area (Å²) in [5.74, 6) is -0.781. The number of aryl methyl sites for hydroxylation is 2. The number of carbonyl (C=O) groups is 2. The number of thiophene rings is 1. The van der Waals surface area contributed by atoms with E-state index >= 15 is 4.39 Å². The maximum Gasteiger partial charge on any atom is 0.335 e. The van der Waals surface area contributed by atoms with Gasteiger partial charge in [-0.2, -0.15) is 0 Å². The lowest BCUT2D eigenvalue weighted by molar-refractivity contribution is -0.137. The van der Waals surface area contributed by atoms with Crippen LogP contribution in [0, 0.1) is 12.7 Å². The van der Waals surface area contributed by atoms with Crippen molar-refractivity contribution in [2.24, 2.45) is 0 Å². The number of halogens is 1. The van der Waals surface area contributed by atoms with Gasteiger partial charge in [-0.1, -0.05) is 49.6 Å². The molecule has 0 saturated carbocycles. The lowest BCUT2D eigenvalue weighted by atomic mass is 10.00. The van der Waals surface area contributed by atoms with Crippen molar-refractivity contribution in [2.45, 2.75) is 19.8 Å². The van der Waals surface area contributed by atoms with Crippen LogP contribution in [0.3, 0.4) is 0 Å². The molecule has 0 amide bonds.